The number of piperidine rings is 1. The van der Waals surface area contributed by atoms with E-state index >= 15 is 0 Å². The third-order valence-corrected chi connectivity index (χ3v) is 8.73. The van der Waals surface area contributed by atoms with Crippen molar-refractivity contribution in [3.63, 3.8) is 0 Å². The molecule has 1 saturated heterocycles. The molecule has 3 aromatic heterocycles. The molecule has 37 heavy (non-hydrogen) atoms. The number of anilines is 1. The van der Waals surface area contributed by atoms with Gasteiger partial charge in [-0.2, -0.15) is 0 Å². The zero-order valence-corrected chi connectivity index (χ0v) is 21.5. The van der Waals surface area contributed by atoms with E-state index < -0.39 is 0 Å². The highest BCUT2D eigenvalue weighted by atomic mass is 19.1. The molecule has 4 heterocycles. The molecular formula is C32H31FN4. The van der Waals surface area contributed by atoms with Crippen LogP contribution in [0.1, 0.15) is 43.4 Å². The van der Waals surface area contributed by atoms with Gasteiger partial charge < -0.3 is 4.90 Å². The molecule has 0 radical (unpaired) electrons. The zero-order valence-electron chi connectivity index (χ0n) is 21.5. The van der Waals surface area contributed by atoms with E-state index in [-0.39, 0.29) is 5.82 Å². The van der Waals surface area contributed by atoms with Gasteiger partial charge in [-0.1, -0.05) is 18.6 Å². The molecule has 2 fully saturated rings. The highest BCUT2D eigenvalue weighted by Crippen LogP contribution is 2.49. The summed E-state index contributed by atoms with van der Waals surface area (Å²) in [6.07, 6.45) is 10.9. The number of imidazole rings is 1. The van der Waals surface area contributed by atoms with E-state index in [0.717, 1.165) is 39.1 Å². The lowest BCUT2D eigenvalue weighted by molar-refractivity contribution is 0.0955. The minimum absolute atomic E-state index is 0.286. The fraction of sp³-hybridized carbons (Fsp3) is 0.312. The largest absolute Gasteiger partial charge is 0.371 e. The quantitative estimate of drug-likeness (QED) is 0.259. The van der Waals surface area contributed by atoms with Crippen molar-refractivity contribution in [1.29, 1.82) is 0 Å². The Bertz CT molecular complexity index is 1640. The topological polar surface area (TPSA) is 33.4 Å². The maximum Gasteiger partial charge on any atom is 0.149 e. The summed E-state index contributed by atoms with van der Waals surface area (Å²) in [4.78, 5) is 11.7. The van der Waals surface area contributed by atoms with Gasteiger partial charge in [-0.05, 0) is 104 Å². The first-order valence-electron chi connectivity index (χ1n) is 13.4. The Morgan fingerprint density at radius 2 is 1.65 bits per heavy atom. The lowest BCUT2D eigenvalue weighted by atomic mass is 9.63. The summed E-state index contributed by atoms with van der Waals surface area (Å²) in [6.45, 7) is 6.17. The molecule has 5 aromatic rings. The van der Waals surface area contributed by atoms with Gasteiger partial charge in [-0.3, -0.25) is 9.38 Å². The average molecular weight is 491 g/mol. The number of hydrogen-bond acceptors (Lipinski definition) is 3. The molecule has 0 bridgehead atoms. The van der Waals surface area contributed by atoms with Crippen molar-refractivity contribution in [2.75, 3.05) is 18.0 Å². The van der Waals surface area contributed by atoms with Crippen LogP contribution in [0.3, 0.4) is 0 Å². The molecule has 1 aliphatic heterocycles. The highest BCUT2D eigenvalue weighted by molar-refractivity contribution is 5.95. The smallest absolute Gasteiger partial charge is 0.149 e. The Kier molecular flexibility index (Phi) is 5.10. The second kappa shape index (κ2) is 8.41. The molecule has 0 unspecified atom stereocenters. The van der Waals surface area contributed by atoms with Crippen molar-refractivity contribution >= 4 is 22.2 Å². The van der Waals surface area contributed by atoms with Crippen LogP contribution in [0.15, 0.2) is 67.0 Å². The minimum atomic E-state index is -0.286. The van der Waals surface area contributed by atoms with E-state index in [1.165, 1.54) is 56.4 Å². The molecule has 186 valence electrons. The van der Waals surface area contributed by atoms with Gasteiger partial charge in [0.05, 0.1) is 11.9 Å². The van der Waals surface area contributed by atoms with Crippen LogP contribution in [0.2, 0.25) is 0 Å². The average Bonchev–Trinajstić information content (AvgIpc) is 3.31. The van der Waals surface area contributed by atoms with E-state index in [2.05, 4.69) is 56.9 Å². The third kappa shape index (κ3) is 3.79. The number of aromatic nitrogens is 3. The van der Waals surface area contributed by atoms with Gasteiger partial charge in [0.2, 0.25) is 0 Å². The second-order valence-electron chi connectivity index (χ2n) is 11.1. The van der Waals surface area contributed by atoms with Crippen LogP contribution in [-0.4, -0.2) is 27.5 Å². The number of aryl methyl sites for hydroxylation is 2. The van der Waals surface area contributed by atoms with Gasteiger partial charge in [-0.25, -0.2) is 9.37 Å². The summed E-state index contributed by atoms with van der Waals surface area (Å²) in [5.41, 5.74) is 9.14. The monoisotopic (exact) mass is 490 g/mol. The van der Waals surface area contributed by atoms with Crippen LogP contribution in [0.25, 0.3) is 38.9 Å². The van der Waals surface area contributed by atoms with E-state index in [1.807, 2.05) is 32.2 Å². The number of rotatable bonds is 3. The number of nitrogens with zero attached hydrogens (tertiary/aromatic N) is 4. The first-order chi connectivity index (χ1) is 18.0. The van der Waals surface area contributed by atoms with Crippen LogP contribution >= 0.6 is 0 Å². The molecule has 1 saturated carbocycles. The fourth-order valence-corrected chi connectivity index (χ4v) is 6.40. The van der Waals surface area contributed by atoms with Gasteiger partial charge in [-0.15, -0.1) is 0 Å². The van der Waals surface area contributed by atoms with Crippen molar-refractivity contribution in [2.24, 2.45) is 5.41 Å². The molecule has 7 rings (SSSR count). The fourth-order valence-electron chi connectivity index (χ4n) is 6.40. The van der Waals surface area contributed by atoms with Crippen LogP contribution in [-0.2, 0) is 0 Å². The van der Waals surface area contributed by atoms with E-state index in [9.17, 15) is 4.39 Å². The molecule has 0 amide bonds. The zero-order chi connectivity index (χ0) is 25.1. The number of pyridine rings is 2. The maximum atomic E-state index is 14.7. The third-order valence-electron chi connectivity index (χ3n) is 8.73. The van der Waals surface area contributed by atoms with Gasteiger partial charge in [0.1, 0.15) is 17.0 Å². The second-order valence-corrected chi connectivity index (χ2v) is 11.1. The summed E-state index contributed by atoms with van der Waals surface area (Å²) < 4.78 is 16.8. The first-order valence-corrected chi connectivity index (χ1v) is 13.4. The molecule has 2 aromatic carbocycles. The predicted octanol–water partition coefficient (Wildman–Crippen LogP) is 7.74. The molecule has 1 spiro atoms. The van der Waals surface area contributed by atoms with Gasteiger partial charge in [0, 0.05) is 41.6 Å². The molecular weight excluding hydrogens is 459 g/mol. The van der Waals surface area contributed by atoms with Crippen LogP contribution in [0.5, 0.6) is 0 Å². The van der Waals surface area contributed by atoms with E-state index in [1.54, 1.807) is 6.07 Å². The van der Waals surface area contributed by atoms with Gasteiger partial charge >= 0.3 is 0 Å². The Morgan fingerprint density at radius 3 is 2.38 bits per heavy atom. The summed E-state index contributed by atoms with van der Waals surface area (Å²) in [6, 6.07) is 18.8. The Hall–Kier alpha value is -3.73. The van der Waals surface area contributed by atoms with E-state index in [4.69, 9.17) is 4.98 Å². The normalized spacial score (nSPS) is 17.0. The summed E-state index contributed by atoms with van der Waals surface area (Å²) in [7, 11) is 0. The Balaban J connectivity index is 1.20. The van der Waals surface area contributed by atoms with Crippen LogP contribution in [0.4, 0.5) is 10.1 Å². The SMILES string of the molecule is Cc1cc(F)c2nc(C)cc(-c3cnc4cc(-c5ccc(N6CCC7(CCC7)CC6)cc5)ccn34)c2c1. The molecule has 0 atom stereocenters. The number of halogens is 1. The number of fused-ring (bicyclic) bond motifs is 2. The molecule has 0 N–H and O–H groups in total. The maximum absolute atomic E-state index is 14.7. The van der Waals surface area contributed by atoms with Crippen LogP contribution in [0, 0.1) is 25.1 Å². The molecule has 1 aliphatic carbocycles. The number of hydrogen-bond donors (Lipinski definition) is 0. The van der Waals surface area contributed by atoms with Crippen molar-refractivity contribution in [3.05, 3.63) is 84.1 Å². The summed E-state index contributed by atoms with van der Waals surface area (Å²) >= 11 is 0. The minimum Gasteiger partial charge on any atom is -0.371 e. The Labute approximate surface area is 216 Å². The van der Waals surface area contributed by atoms with Gasteiger partial charge in [0.25, 0.3) is 0 Å². The first kappa shape index (κ1) is 22.5. The standard InChI is InChI=1S/C32H31FN4/c1-21-16-27-26(18-22(2)35-31(27)28(33)17-21)29-20-34-30-19-24(8-13-37(29)30)23-4-6-25(7-5-23)36-14-11-32(12-15-36)9-3-10-32/h4-8,13,16-20H,3,9-12,14-15H2,1-2H3. The van der Waals surface area contributed by atoms with Crippen molar-refractivity contribution in [3.8, 4) is 22.4 Å². The van der Waals surface area contributed by atoms with Crippen molar-refractivity contribution < 1.29 is 4.39 Å². The predicted molar refractivity (Wildman–Crippen MR) is 149 cm³/mol. The summed E-state index contributed by atoms with van der Waals surface area (Å²) in [5, 5.41) is 0.811. The van der Waals surface area contributed by atoms with Crippen molar-refractivity contribution in [1.82, 2.24) is 14.4 Å². The lowest BCUT2D eigenvalue weighted by Gasteiger charge is -2.48. The van der Waals surface area contributed by atoms with Gasteiger partial charge in [0.15, 0.2) is 0 Å². The van der Waals surface area contributed by atoms with E-state index in [0.29, 0.717) is 10.9 Å². The summed E-state index contributed by atoms with van der Waals surface area (Å²) in [5.74, 6) is -0.286. The molecule has 4 nitrogen and oxygen atoms in total. The lowest BCUT2D eigenvalue weighted by Crippen LogP contribution is -2.43. The van der Waals surface area contributed by atoms with Crippen LogP contribution < -0.4 is 4.90 Å². The highest BCUT2D eigenvalue weighted by Gasteiger charge is 2.39. The molecule has 5 heteroatoms. The van der Waals surface area contributed by atoms with Crippen molar-refractivity contribution in [2.45, 2.75) is 46.0 Å². The molecule has 2 aliphatic rings. The number of benzene rings is 2. The Morgan fingerprint density at radius 1 is 0.865 bits per heavy atom.